The lowest BCUT2D eigenvalue weighted by molar-refractivity contribution is -0.135. The monoisotopic (exact) mass is 419 g/mol. The fourth-order valence-corrected chi connectivity index (χ4v) is 6.53. The van der Waals surface area contributed by atoms with Crippen molar-refractivity contribution in [2.45, 2.75) is 43.9 Å². The van der Waals surface area contributed by atoms with Crippen LogP contribution in [0.3, 0.4) is 0 Å². The van der Waals surface area contributed by atoms with E-state index >= 15 is 0 Å². The summed E-state index contributed by atoms with van der Waals surface area (Å²) in [7, 11) is -3.45. The quantitative estimate of drug-likeness (QED) is 0.752. The van der Waals surface area contributed by atoms with Gasteiger partial charge in [-0.2, -0.15) is 4.31 Å². The molecule has 0 aromatic heterocycles. The molecule has 1 aromatic carbocycles. The molecule has 7 heteroatoms. The molecule has 2 saturated heterocycles. The summed E-state index contributed by atoms with van der Waals surface area (Å²) in [6.45, 7) is 6.27. The smallest absolute Gasteiger partial charge is 0.243 e. The van der Waals surface area contributed by atoms with Gasteiger partial charge >= 0.3 is 0 Å². The summed E-state index contributed by atoms with van der Waals surface area (Å²) in [5.74, 6) is 1.73. The topological polar surface area (TPSA) is 60.9 Å². The van der Waals surface area contributed by atoms with Crippen LogP contribution in [0.5, 0.6) is 0 Å². The van der Waals surface area contributed by atoms with E-state index in [4.69, 9.17) is 0 Å². The van der Waals surface area contributed by atoms with Crippen molar-refractivity contribution < 1.29 is 13.2 Å². The van der Waals surface area contributed by atoms with Crippen molar-refractivity contribution in [3.63, 3.8) is 0 Å². The average molecular weight is 420 g/mol. The number of benzene rings is 1. The molecule has 1 amide bonds. The number of hydrogen-bond donors (Lipinski definition) is 0. The van der Waals surface area contributed by atoms with Crippen LogP contribution in [0.1, 0.15) is 37.7 Å². The van der Waals surface area contributed by atoms with E-state index in [2.05, 4.69) is 9.80 Å². The lowest BCUT2D eigenvalue weighted by Crippen LogP contribution is -2.53. The number of likely N-dealkylation sites (tertiary alicyclic amines) is 1. The second kappa shape index (κ2) is 8.74. The number of rotatable bonds is 4. The maximum Gasteiger partial charge on any atom is 0.243 e. The Morgan fingerprint density at radius 1 is 0.931 bits per heavy atom. The van der Waals surface area contributed by atoms with Crippen molar-refractivity contribution in [1.29, 1.82) is 0 Å². The number of nitrogens with zero attached hydrogens (tertiary/aromatic N) is 3. The molecule has 3 fully saturated rings. The Hall–Kier alpha value is -1.44. The first-order chi connectivity index (χ1) is 13.9. The van der Waals surface area contributed by atoms with Crippen LogP contribution in [-0.4, -0.2) is 74.2 Å². The normalized spacial score (nSPS) is 26.9. The largest absolute Gasteiger partial charge is 0.341 e. The molecule has 1 aromatic rings. The number of carbonyl (C=O) groups excluding carboxylic acids is 1. The van der Waals surface area contributed by atoms with Gasteiger partial charge in [0, 0.05) is 39.3 Å². The van der Waals surface area contributed by atoms with Crippen molar-refractivity contribution in [3.05, 3.63) is 29.8 Å². The molecule has 0 unspecified atom stereocenters. The molecule has 1 saturated carbocycles. The molecule has 0 N–H and O–H groups in total. The van der Waals surface area contributed by atoms with Crippen LogP contribution in [0.4, 0.5) is 0 Å². The minimum Gasteiger partial charge on any atom is -0.341 e. The van der Waals surface area contributed by atoms with E-state index in [0.29, 0.717) is 43.5 Å². The fourth-order valence-electron chi connectivity index (χ4n) is 5.11. The lowest BCUT2D eigenvalue weighted by atomic mass is 9.75. The van der Waals surface area contributed by atoms with Gasteiger partial charge < -0.3 is 4.90 Å². The van der Waals surface area contributed by atoms with Crippen molar-refractivity contribution in [2.75, 3.05) is 45.8 Å². The molecule has 2 aliphatic heterocycles. The Bertz CT molecular complexity index is 816. The third kappa shape index (κ3) is 4.67. The van der Waals surface area contributed by atoms with Crippen molar-refractivity contribution in [3.8, 4) is 0 Å². The predicted molar refractivity (Wildman–Crippen MR) is 113 cm³/mol. The number of sulfonamides is 1. The summed E-state index contributed by atoms with van der Waals surface area (Å²) in [5, 5.41) is 0. The number of piperidine rings is 1. The second-order valence-corrected chi connectivity index (χ2v) is 10.9. The van der Waals surface area contributed by atoms with E-state index in [1.54, 1.807) is 16.4 Å². The van der Waals surface area contributed by atoms with E-state index in [9.17, 15) is 13.2 Å². The minimum absolute atomic E-state index is 0.212. The standard InChI is InChI=1S/C22H33N3O3S/c1-18-6-8-21(9-7-18)29(27,28)25-14-12-23(13-15-25)17-22(26)24-11-10-19-4-2-3-5-20(19)16-24/h6-9,19-20H,2-5,10-17H2,1H3/t19-,20+/m0/s1. The maximum absolute atomic E-state index is 12.8. The van der Waals surface area contributed by atoms with E-state index in [1.165, 1.54) is 25.7 Å². The van der Waals surface area contributed by atoms with Gasteiger partial charge in [-0.3, -0.25) is 9.69 Å². The minimum atomic E-state index is -3.45. The Kier molecular flexibility index (Phi) is 6.27. The zero-order valence-corrected chi connectivity index (χ0v) is 18.2. The fraction of sp³-hybridized carbons (Fsp3) is 0.682. The summed E-state index contributed by atoms with van der Waals surface area (Å²) >= 11 is 0. The van der Waals surface area contributed by atoms with Gasteiger partial charge in [-0.05, 0) is 43.7 Å². The first kappa shape index (κ1) is 20.8. The zero-order valence-electron chi connectivity index (χ0n) is 17.4. The van der Waals surface area contributed by atoms with Gasteiger partial charge in [0.25, 0.3) is 0 Å². The Morgan fingerprint density at radius 3 is 2.28 bits per heavy atom. The first-order valence-corrected chi connectivity index (χ1v) is 12.4. The Balaban J connectivity index is 1.28. The van der Waals surface area contributed by atoms with Gasteiger partial charge in [0.05, 0.1) is 11.4 Å². The third-order valence-electron chi connectivity index (χ3n) is 6.99. The number of fused-ring (bicyclic) bond motifs is 1. The van der Waals surface area contributed by atoms with E-state index < -0.39 is 10.0 Å². The molecule has 2 heterocycles. The molecule has 160 valence electrons. The Labute approximate surface area is 174 Å². The van der Waals surface area contributed by atoms with Crippen LogP contribution in [0.15, 0.2) is 29.2 Å². The summed E-state index contributed by atoms with van der Waals surface area (Å²) in [6, 6.07) is 7.01. The van der Waals surface area contributed by atoms with Crippen molar-refractivity contribution >= 4 is 15.9 Å². The molecule has 2 atom stereocenters. The molecule has 0 bridgehead atoms. The first-order valence-electron chi connectivity index (χ1n) is 11.0. The molecule has 29 heavy (non-hydrogen) atoms. The Morgan fingerprint density at radius 2 is 1.59 bits per heavy atom. The molecule has 0 radical (unpaired) electrons. The number of piperazine rings is 1. The predicted octanol–water partition coefficient (Wildman–Crippen LogP) is 2.34. The maximum atomic E-state index is 12.8. The average Bonchev–Trinajstić information content (AvgIpc) is 2.74. The lowest BCUT2D eigenvalue weighted by Gasteiger charge is -2.42. The highest BCUT2D eigenvalue weighted by Crippen LogP contribution is 2.36. The summed E-state index contributed by atoms with van der Waals surface area (Å²) in [6.07, 6.45) is 6.42. The van der Waals surface area contributed by atoms with Crippen LogP contribution in [0.2, 0.25) is 0 Å². The number of hydrogen-bond acceptors (Lipinski definition) is 4. The number of aryl methyl sites for hydroxylation is 1. The molecule has 4 rings (SSSR count). The van der Waals surface area contributed by atoms with Gasteiger partial charge in [-0.15, -0.1) is 0 Å². The second-order valence-electron chi connectivity index (χ2n) is 8.93. The van der Waals surface area contributed by atoms with Crippen LogP contribution < -0.4 is 0 Å². The van der Waals surface area contributed by atoms with Gasteiger partial charge in [0.2, 0.25) is 15.9 Å². The summed E-state index contributed by atoms with van der Waals surface area (Å²) in [5.41, 5.74) is 1.05. The van der Waals surface area contributed by atoms with Gasteiger partial charge in [-0.25, -0.2) is 8.42 Å². The molecule has 6 nitrogen and oxygen atoms in total. The van der Waals surface area contributed by atoms with E-state index in [1.807, 2.05) is 19.1 Å². The van der Waals surface area contributed by atoms with Gasteiger partial charge in [-0.1, -0.05) is 37.0 Å². The number of amides is 1. The van der Waals surface area contributed by atoms with Crippen molar-refractivity contribution in [1.82, 2.24) is 14.1 Å². The molecular formula is C22H33N3O3S. The van der Waals surface area contributed by atoms with Crippen molar-refractivity contribution in [2.24, 2.45) is 11.8 Å². The highest BCUT2D eigenvalue weighted by molar-refractivity contribution is 7.89. The van der Waals surface area contributed by atoms with Crippen LogP contribution >= 0.6 is 0 Å². The highest BCUT2D eigenvalue weighted by Gasteiger charge is 2.34. The molecule has 0 spiro atoms. The third-order valence-corrected chi connectivity index (χ3v) is 8.91. The molecular weight excluding hydrogens is 386 g/mol. The van der Waals surface area contributed by atoms with E-state index in [-0.39, 0.29) is 5.91 Å². The van der Waals surface area contributed by atoms with Crippen LogP contribution in [0, 0.1) is 18.8 Å². The van der Waals surface area contributed by atoms with E-state index in [0.717, 1.165) is 31.0 Å². The SMILES string of the molecule is Cc1ccc(S(=O)(=O)N2CCN(CC(=O)N3CC[C@@H]4CCCC[C@@H]4C3)CC2)cc1. The van der Waals surface area contributed by atoms with Crippen LogP contribution in [-0.2, 0) is 14.8 Å². The molecule has 1 aliphatic carbocycles. The van der Waals surface area contributed by atoms with Crippen LogP contribution in [0.25, 0.3) is 0 Å². The van der Waals surface area contributed by atoms with Gasteiger partial charge in [0.15, 0.2) is 0 Å². The molecule has 3 aliphatic rings. The summed E-state index contributed by atoms with van der Waals surface area (Å²) in [4.78, 5) is 17.3. The van der Waals surface area contributed by atoms with Gasteiger partial charge in [0.1, 0.15) is 0 Å². The summed E-state index contributed by atoms with van der Waals surface area (Å²) < 4.78 is 27.2. The highest BCUT2D eigenvalue weighted by atomic mass is 32.2. The zero-order chi connectivity index (χ0) is 20.4. The number of carbonyl (C=O) groups is 1.